The Morgan fingerprint density at radius 2 is 0.968 bits per heavy atom. The van der Waals surface area contributed by atoms with Crippen molar-refractivity contribution >= 4 is 45.9 Å². The molecule has 180 valence electrons. The molecule has 0 radical (unpaired) electrons. The van der Waals surface area contributed by atoms with Crippen molar-refractivity contribution in [2.45, 2.75) is 73.0 Å². The first-order valence-electron chi connectivity index (χ1n) is 10.3. The van der Waals surface area contributed by atoms with Gasteiger partial charge in [0.25, 0.3) is 0 Å². The lowest BCUT2D eigenvalue weighted by molar-refractivity contribution is -0.109. The van der Waals surface area contributed by atoms with Crippen LogP contribution in [0.5, 0.6) is 0 Å². The number of amides is 2. The molecule has 10 heteroatoms. The van der Waals surface area contributed by atoms with Crippen LogP contribution in [-0.2, 0) is 19.1 Å². The van der Waals surface area contributed by atoms with E-state index >= 15 is 0 Å². The number of rotatable bonds is 10. The van der Waals surface area contributed by atoms with Gasteiger partial charge in [0.05, 0.1) is 0 Å². The lowest BCUT2D eigenvalue weighted by Crippen LogP contribution is -2.42. The molecule has 0 unspecified atom stereocenters. The molecule has 0 fully saturated rings. The van der Waals surface area contributed by atoms with E-state index in [0.29, 0.717) is 44.1 Å². The fourth-order valence-corrected chi connectivity index (χ4v) is 3.49. The van der Waals surface area contributed by atoms with Gasteiger partial charge < -0.3 is 19.3 Å². The maximum atomic E-state index is 12.5. The number of nitrogens with zero attached hydrogens (tertiary/aromatic N) is 2. The zero-order valence-corrected chi connectivity index (χ0v) is 21.7. The molecule has 8 nitrogen and oxygen atoms in total. The summed E-state index contributed by atoms with van der Waals surface area (Å²) in [6.07, 6.45) is -0.395. The minimum absolute atomic E-state index is 0.0109. The van der Waals surface area contributed by atoms with E-state index in [0.717, 1.165) is 23.5 Å². The summed E-state index contributed by atoms with van der Waals surface area (Å²) in [7, 11) is 0. The standard InChI is InChI=1S/C21H38N2O6S2/c1-16(24)30-14-12-22(18(26)28-20(3,4)5)10-9-11-23(13-15-31-17(2)25)19(27)29-21(6,7)8/h9-15H2,1-8H3. The van der Waals surface area contributed by atoms with Crippen LogP contribution in [0.1, 0.15) is 61.8 Å². The minimum atomic E-state index is -0.629. The third-order valence-corrected chi connectivity index (χ3v) is 5.08. The average molecular weight is 479 g/mol. The van der Waals surface area contributed by atoms with Gasteiger partial charge in [0.15, 0.2) is 10.2 Å². The number of hydrogen-bond acceptors (Lipinski definition) is 8. The van der Waals surface area contributed by atoms with E-state index in [1.807, 2.05) is 0 Å². The highest BCUT2D eigenvalue weighted by molar-refractivity contribution is 8.13. The molecule has 0 saturated carbocycles. The third-order valence-electron chi connectivity index (χ3n) is 3.49. The summed E-state index contributed by atoms with van der Waals surface area (Å²) in [5, 5.41) is -0.0218. The van der Waals surface area contributed by atoms with Crippen molar-refractivity contribution in [3.8, 4) is 0 Å². The van der Waals surface area contributed by atoms with Gasteiger partial charge in [-0.3, -0.25) is 9.59 Å². The first-order valence-corrected chi connectivity index (χ1v) is 12.3. The topological polar surface area (TPSA) is 93.2 Å². The number of ether oxygens (including phenoxy) is 2. The van der Waals surface area contributed by atoms with Crippen LogP contribution < -0.4 is 0 Å². The van der Waals surface area contributed by atoms with Crippen LogP contribution in [0.4, 0.5) is 9.59 Å². The molecular formula is C21H38N2O6S2. The van der Waals surface area contributed by atoms with E-state index in [2.05, 4.69) is 0 Å². The number of carbonyl (C=O) groups is 4. The average Bonchev–Trinajstić information content (AvgIpc) is 2.55. The molecule has 0 aromatic rings. The van der Waals surface area contributed by atoms with E-state index in [4.69, 9.17) is 9.47 Å². The van der Waals surface area contributed by atoms with Crippen LogP contribution in [0, 0.1) is 0 Å². The Balaban J connectivity index is 5.01. The molecule has 31 heavy (non-hydrogen) atoms. The predicted molar refractivity (Wildman–Crippen MR) is 127 cm³/mol. The van der Waals surface area contributed by atoms with E-state index in [-0.39, 0.29) is 10.2 Å². The molecular weight excluding hydrogens is 440 g/mol. The highest BCUT2D eigenvalue weighted by Gasteiger charge is 2.24. The summed E-state index contributed by atoms with van der Waals surface area (Å²) in [6, 6.07) is 0. The summed E-state index contributed by atoms with van der Waals surface area (Å²) in [4.78, 5) is 50.6. The number of carbonyl (C=O) groups excluding carboxylic acids is 4. The zero-order chi connectivity index (χ0) is 24.2. The van der Waals surface area contributed by atoms with Crippen LogP contribution in [-0.4, -0.2) is 81.1 Å². The Morgan fingerprint density at radius 3 is 1.23 bits per heavy atom. The summed E-state index contributed by atoms with van der Waals surface area (Å²) >= 11 is 2.30. The Labute approximate surface area is 195 Å². The molecule has 0 spiro atoms. The molecule has 0 aromatic heterocycles. The first kappa shape index (κ1) is 29.6. The van der Waals surface area contributed by atoms with Crippen molar-refractivity contribution in [3.63, 3.8) is 0 Å². The molecule has 0 aromatic carbocycles. The zero-order valence-electron chi connectivity index (χ0n) is 20.1. The Kier molecular flexibility index (Phi) is 13.2. The van der Waals surface area contributed by atoms with Gasteiger partial charge >= 0.3 is 12.2 Å². The summed E-state index contributed by atoms with van der Waals surface area (Å²) in [6.45, 7) is 15.2. The van der Waals surface area contributed by atoms with E-state index in [1.165, 1.54) is 13.8 Å². The Morgan fingerprint density at radius 1 is 0.645 bits per heavy atom. The van der Waals surface area contributed by atoms with Crippen molar-refractivity contribution in [1.82, 2.24) is 9.80 Å². The predicted octanol–water partition coefficient (Wildman–Crippen LogP) is 4.41. The van der Waals surface area contributed by atoms with Crippen molar-refractivity contribution in [2.75, 3.05) is 37.7 Å². The molecule has 0 rings (SSSR count). The fourth-order valence-electron chi connectivity index (χ4n) is 2.29. The molecule has 0 aliphatic heterocycles. The van der Waals surface area contributed by atoms with Crippen LogP contribution in [0.25, 0.3) is 0 Å². The van der Waals surface area contributed by atoms with Crippen molar-refractivity contribution in [3.05, 3.63) is 0 Å². The first-order chi connectivity index (χ1) is 14.1. The van der Waals surface area contributed by atoms with Gasteiger partial charge in [-0.1, -0.05) is 23.5 Å². The fraction of sp³-hybridized carbons (Fsp3) is 0.810. The SMILES string of the molecule is CC(=O)SCCN(CCCN(CCSC(C)=O)C(=O)OC(C)(C)C)C(=O)OC(C)(C)C. The van der Waals surface area contributed by atoms with Gasteiger partial charge in [0, 0.05) is 51.5 Å². The van der Waals surface area contributed by atoms with E-state index < -0.39 is 23.4 Å². The molecule has 0 N–H and O–H groups in total. The maximum Gasteiger partial charge on any atom is 0.410 e. The number of hydrogen-bond donors (Lipinski definition) is 0. The Hall–Kier alpha value is -1.42. The molecule has 0 bridgehead atoms. The second-order valence-electron chi connectivity index (χ2n) is 8.97. The second kappa shape index (κ2) is 13.9. The molecule has 0 atom stereocenters. The van der Waals surface area contributed by atoms with Crippen molar-refractivity contribution < 1.29 is 28.7 Å². The van der Waals surface area contributed by atoms with Gasteiger partial charge in [-0.2, -0.15) is 0 Å². The van der Waals surface area contributed by atoms with Gasteiger partial charge in [0.2, 0.25) is 0 Å². The Bertz CT molecular complexity index is 562. The van der Waals surface area contributed by atoms with Crippen LogP contribution in [0.3, 0.4) is 0 Å². The van der Waals surface area contributed by atoms with Crippen LogP contribution >= 0.6 is 23.5 Å². The highest BCUT2D eigenvalue weighted by Crippen LogP contribution is 2.14. The van der Waals surface area contributed by atoms with Crippen LogP contribution in [0.15, 0.2) is 0 Å². The van der Waals surface area contributed by atoms with Gasteiger partial charge in [-0.25, -0.2) is 9.59 Å². The normalized spacial score (nSPS) is 11.6. The molecule has 0 heterocycles. The van der Waals surface area contributed by atoms with Gasteiger partial charge in [-0.05, 0) is 48.0 Å². The summed E-state index contributed by atoms with van der Waals surface area (Å²) < 4.78 is 10.9. The maximum absolute atomic E-state index is 12.5. The lowest BCUT2D eigenvalue weighted by Gasteiger charge is -2.29. The van der Waals surface area contributed by atoms with Gasteiger partial charge in [0.1, 0.15) is 11.2 Å². The summed E-state index contributed by atoms with van der Waals surface area (Å²) in [5.41, 5.74) is -1.26. The summed E-state index contributed by atoms with van der Waals surface area (Å²) in [5.74, 6) is 0.944. The van der Waals surface area contributed by atoms with Crippen molar-refractivity contribution in [2.24, 2.45) is 0 Å². The second-order valence-corrected chi connectivity index (χ2v) is 11.5. The monoisotopic (exact) mass is 478 g/mol. The number of thioether (sulfide) groups is 2. The minimum Gasteiger partial charge on any atom is -0.444 e. The molecule has 2 amide bonds. The molecule has 0 aliphatic carbocycles. The third kappa shape index (κ3) is 16.9. The van der Waals surface area contributed by atoms with Crippen LogP contribution in [0.2, 0.25) is 0 Å². The highest BCUT2D eigenvalue weighted by atomic mass is 32.2. The largest absolute Gasteiger partial charge is 0.444 e. The van der Waals surface area contributed by atoms with E-state index in [1.54, 1.807) is 51.3 Å². The smallest absolute Gasteiger partial charge is 0.410 e. The van der Waals surface area contributed by atoms with E-state index in [9.17, 15) is 19.2 Å². The molecule has 0 aliphatic rings. The van der Waals surface area contributed by atoms with Gasteiger partial charge in [-0.15, -0.1) is 0 Å². The lowest BCUT2D eigenvalue weighted by atomic mass is 10.2. The quantitative estimate of drug-likeness (QED) is 0.456. The molecule has 0 saturated heterocycles. The van der Waals surface area contributed by atoms with Crippen molar-refractivity contribution in [1.29, 1.82) is 0 Å².